The van der Waals surface area contributed by atoms with Gasteiger partial charge in [0.05, 0.1) is 16.8 Å². The lowest BCUT2D eigenvalue weighted by molar-refractivity contribution is 0.214. The summed E-state index contributed by atoms with van der Waals surface area (Å²) in [6.07, 6.45) is 3.79. The molecule has 0 radical (unpaired) electrons. The van der Waals surface area contributed by atoms with E-state index in [2.05, 4.69) is 39.6 Å². The first-order valence-electron chi connectivity index (χ1n) is 12.8. The fourth-order valence-corrected chi connectivity index (χ4v) is 6.34. The number of aliphatic hydroxyl groups excluding tert-OH is 1. The summed E-state index contributed by atoms with van der Waals surface area (Å²) in [6, 6.07) is 14.3. The Morgan fingerprint density at radius 1 is 1.13 bits per heavy atom. The molecule has 10 heteroatoms. The maximum absolute atomic E-state index is 13.4. The minimum absolute atomic E-state index is 0.183. The molecule has 1 aromatic heterocycles. The van der Waals surface area contributed by atoms with Crippen LogP contribution >= 0.6 is 0 Å². The Labute approximate surface area is 229 Å². The van der Waals surface area contributed by atoms with E-state index in [1.54, 1.807) is 36.5 Å². The number of likely N-dealkylation sites (N-methyl/N-ethyl adjacent to an activating group) is 1. The molecule has 1 unspecified atom stereocenters. The Hall–Kier alpha value is -3.57. The SMILES string of the molecule is C=N/C(=C\C1=C(C)CN(S(=O)(=O)c2ccc(-c3ncco3)cc2)C1)C(O)c1cccc(N2CCN(C)CC2)c1. The minimum Gasteiger partial charge on any atom is -0.445 e. The molecule has 1 saturated heterocycles. The van der Waals surface area contributed by atoms with Crippen molar-refractivity contribution in [3.05, 3.63) is 89.5 Å². The van der Waals surface area contributed by atoms with E-state index in [-0.39, 0.29) is 18.0 Å². The standard InChI is InChI=1S/C29H33N5O4S/c1-21-19-34(39(36,37)26-9-7-22(8-10-26)29-31-11-16-38-29)20-24(21)18-27(30-2)28(35)23-5-4-6-25(17-23)33-14-12-32(3)13-15-33/h4-11,16-18,28,35H,2,12-15,19-20H2,1,3H3/b27-18-. The van der Waals surface area contributed by atoms with Crippen LogP contribution in [0, 0.1) is 0 Å². The molecule has 0 saturated carbocycles. The maximum Gasteiger partial charge on any atom is 0.243 e. The summed E-state index contributed by atoms with van der Waals surface area (Å²) in [5.41, 5.74) is 4.56. The number of oxazole rings is 1. The van der Waals surface area contributed by atoms with Gasteiger partial charge in [-0.2, -0.15) is 4.31 Å². The van der Waals surface area contributed by atoms with Gasteiger partial charge in [-0.15, -0.1) is 0 Å². The number of nitrogens with zero attached hydrogens (tertiary/aromatic N) is 5. The highest BCUT2D eigenvalue weighted by molar-refractivity contribution is 7.89. The monoisotopic (exact) mass is 547 g/mol. The van der Waals surface area contributed by atoms with Crippen LogP contribution in [0.2, 0.25) is 0 Å². The fourth-order valence-electron chi connectivity index (χ4n) is 4.89. The topological polar surface area (TPSA) is 102 Å². The number of benzene rings is 2. The van der Waals surface area contributed by atoms with E-state index in [1.165, 1.54) is 10.6 Å². The normalized spacial score (nSPS) is 18.5. The van der Waals surface area contributed by atoms with E-state index in [4.69, 9.17) is 4.42 Å². The van der Waals surface area contributed by atoms with Gasteiger partial charge >= 0.3 is 0 Å². The van der Waals surface area contributed by atoms with Crippen LogP contribution in [0.1, 0.15) is 18.6 Å². The molecular weight excluding hydrogens is 514 g/mol. The maximum atomic E-state index is 13.4. The number of hydrogen-bond acceptors (Lipinski definition) is 8. The molecular formula is C29H33N5O4S. The Balaban J connectivity index is 1.31. The number of sulfonamides is 1. The van der Waals surface area contributed by atoms with Gasteiger partial charge in [-0.05, 0) is 74.3 Å². The van der Waals surface area contributed by atoms with Crippen molar-refractivity contribution in [3.63, 3.8) is 0 Å². The molecule has 1 N–H and O–H groups in total. The number of hydrogen-bond donors (Lipinski definition) is 1. The third kappa shape index (κ3) is 5.74. The molecule has 0 aliphatic carbocycles. The molecule has 9 nitrogen and oxygen atoms in total. The van der Waals surface area contributed by atoms with Gasteiger partial charge in [-0.3, -0.25) is 4.99 Å². The van der Waals surface area contributed by atoms with Gasteiger partial charge < -0.3 is 19.3 Å². The predicted molar refractivity (Wildman–Crippen MR) is 152 cm³/mol. The highest BCUT2D eigenvalue weighted by Gasteiger charge is 2.31. The average Bonchev–Trinajstić information content (AvgIpc) is 3.62. The second-order valence-corrected chi connectivity index (χ2v) is 11.9. The molecule has 204 valence electrons. The van der Waals surface area contributed by atoms with Crippen LogP contribution in [0.25, 0.3) is 11.5 Å². The first-order valence-corrected chi connectivity index (χ1v) is 14.3. The first-order chi connectivity index (χ1) is 18.8. The number of aromatic nitrogens is 1. The van der Waals surface area contributed by atoms with Crippen LogP contribution < -0.4 is 4.90 Å². The van der Waals surface area contributed by atoms with Crippen LogP contribution in [0.5, 0.6) is 0 Å². The lowest BCUT2D eigenvalue weighted by Gasteiger charge is -2.34. The fraction of sp³-hybridized carbons (Fsp3) is 0.310. The minimum atomic E-state index is -3.73. The second-order valence-electron chi connectivity index (χ2n) is 9.96. The summed E-state index contributed by atoms with van der Waals surface area (Å²) in [5, 5.41) is 11.2. The second kappa shape index (κ2) is 11.3. The quantitative estimate of drug-likeness (QED) is 0.429. The summed E-state index contributed by atoms with van der Waals surface area (Å²) >= 11 is 0. The van der Waals surface area contributed by atoms with Crippen molar-refractivity contribution in [1.82, 2.24) is 14.2 Å². The molecule has 2 aromatic carbocycles. The van der Waals surface area contributed by atoms with Gasteiger partial charge in [0.1, 0.15) is 12.4 Å². The number of aliphatic hydroxyl groups is 1. The zero-order valence-corrected chi connectivity index (χ0v) is 23.0. The van der Waals surface area contributed by atoms with Crippen molar-refractivity contribution in [1.29, 1.82) is 0 Å². The highest BCUT2D eigenvalue weighted by atomic mass is 32.2. The van der Waals surface area contributed by atoms with Gasteiger partial charge in [0.2, 0.25) is 15.9 Å². The van der Waals surface area contributed by atoms with Crippen LogP contribution in [0.15, 0.2) is 98.2 Å². The largest absolute Gasteiger partial charge is 0.445 e. The Morgan fingerprint density at radius 2 is 1.87 bits per heavy atom. The molecule has 1 atom stereocenters. The summed E-state index contributed by atoms with van der Waals surface area (Å²) < 4.78 is 33.5. The Morgan fingerprint density at radius 3 is 2.54 bits per heavy atom. The number of aliphatic imine (C=N–C) groups is 1. The van der Waals surface area contributed by atoms with Crippen molar-refractivity contribution in [2.75, 3.05) is 51.2 Å². The van der Waals surface area contributed by atoms with Crippen LogP contribution in [0.4, 0.5) is 5.69 Å². The van der Waals surface area contributed by atoms with Crippen LogP contribution in [-0.4, -0.2) is 80.7 Å². The van der Waals surface area contributed by atoms with Crippen LogP contribution in [0.3, 0.4) is 0 Å². The predicted octanol–water partition coefficient (Wildman–Crippen LogP) is 3.73. The van der Waals surface area contributed by atoms with Crippen molar-refractivity contribution < 1.29 is 17.9 Å². The average molecular weight is 548 g/mol. The Bertz CT molecular complexity index is 1490. The molecule has 1 fully saturated rings. The van der Waals surface area contributed by atoms with E-state index in [9.17, 15) is 13.5 Å². The summed E-state index contributed by atoms with van der Waals surface area (Å²) in [4.78, 5) is 13.0. The van der Waals surface area contributed by atoms with Crippen molar-refractivity contribution in [2.24, 2.45) is 4.99 Å². The van der Waals surface area contributed by atoms with E-state index in [1.807, 2.05) is 25.1 Å². The zero-order valence-electron chi connectivity index (χ0n) is 22.2. The van der Waals surface area contributed by atoms with Gasteiger partial charge in [0.15, 0.2) is 0 Å². The van der Waals surface area contributed by atoms with Crippen LogP contribution in [-0.2, 0) is 10.0 Å². The molecule has 2 aliphatic heterocycles. The lowest BCUT2D eigenvalue weighted by Crippen LogP contribution is -2.44. The van der Waals surface area contributed by atoms with Crippen molar-refractivity contribution in [2.45, 2.75) is 17.9 Å². The van der Waals surface area contributed by atoms with E-state index in [0.29, 0.717) is 17.2 Å². The van der Waals surface area contributed by atoms with Gasteiger partial charge in [-0.25, -0.2) is 13.4 Å². The molecule has 5 rings (SSSR count). The molecule has 39 heavy (non-hydrogen) atoms. The number of rotatable bonds is 8. The molecule has 2 aliphatic rings. The summed E-state index contributed by atoms with van der Waals surface area (Å²) in [5.74, 6) is 0.433. The van der Waals surface area contributed by atoms with Crippen molar-refractivity contribution in [3.8, 4) is 11.5 Å². The summed E-state index contributed by atoms with van der Waals surface area (Å²) in [6.45, 7) is 9.85. The van der Waals surface area contributed by atoms with Gasteiger partial charge in [-0.1, -0.05) is 17.7 Å². The first kappa shape index (κ1) is 27.0. The molecule has 0 spiro atoms. The van der Waals surface area contributed by atoms with E-state index < -0.39 is 16.1 Å². The van der Waals surface area contributed by atoms with E-state index in [0.717, 1.165) is 48.6 Å². The molecule has 3 aromatic rings. The third-order valence-corrected chi connectivity index (χ3v) is 9.12. The molecule has 3 heterocycles. The zero-order chi connectivity index (χ0) is 27.6. The smallest absolute Gasteiger partial charge is 0.243 e. The van der Waals surface area contributed by atoms with Gasteiger partial charge in [0.25, 0.3) is 0 Å². The Kier molecular flexibility index (Phi) is 7.81. The van der Waals surface area contributed by atoms with E-state index >= 15 is 0 Å². The highest BCUT2D eigenvalue weighted by Crippen LogP contribution is 2.31. The molecule has 0 amide bonds. The summed E-state index contributed by atoms with van der Waals surface area (Å²) in [7, 11) is -1.62. The van der Waals surface area contributed by atoms with Gasteiger partial charge in [0, 0.05) is 50.5 Å². The lowest BCUT2D eigenvalue weighted by atomic mass is 10.0. The molecule has 0 bridgehead atoms. The van der Waals surface area contributed by atoms with Crippen molar-refractivity contribution >= 4 is 22.4 Å². The number of anilines is 1. The number of piperazine rings is 1. The third-order valence-electron chi connectivity index (χ3n) is 7.32.